The van der Waals surface area contributed by atoms with Crippen molar-refractivity contribution in [2.24, 2.45) is 0 Å². The van der Waals surface area contributed by atoms with Gasteiger partial charge in [-0.2, -0.15) is 31.4 Å². The van der Waals surface area contributed by atoms with Crippen LogP contribution in [0.3, 0.4) is 0 Å². The maximum atomic E-state index is 14.1. The highest BCUT2D eigenvalue weighted by molar-refractivity contribution is 5.85. The van der Waals surface area contributed by atoms with Crippen LogP contribution in [0.25, 0.3) is 28.1 Å². The molecule has 4 aromatic rings. The molecule has 0 fully saturated rings. The van der Waals surface area contributed by atoms with E-state index in [-0.39, 0.29) is 22.5 Å². The monoisotopic (exact) mass is 494 g/mol. The SMILES string of the molecule is Nc1ncc(-c2c(-c3ccc(C(F)(F)F)nc3)c(C(F)(F)F)nn2-c2ccccc2)cc1[N+](=O)[O-]. The third-order valence-electron chi connectivity index (χ3n) is 4.86. The largest absolute Gasteiger partial charge is 0.435 e. The Labute approximate surface area is 191 Å². The minimum atomic E-state index is -5.04. The lowest BCUT2D eigenvalue weighted by molar-refractivity contribution is -0.384. The maximum Gasteiger partial charge on any atom is 0.435 e. The molecule has 0 bridgehead atoms. The average Bonchev–Trinajstić information content (AvgIpc) is 3.20. The summed E-state index contributed by atoms with van der Waals surface area (Å²) < 4.78 is 82.0. The fourth-order valence-electron chi connectivity index (χ4n) is 3.36. The van der Waals surface area contributed by atoms with Gasteiger partial charge in [0.2, 0.25) is 5.82 Å². The first kappa shape index (κ1) is 23.7. The van der Waals surface area contributed by atoms with E-state index >= 15 is 0 Å². The number of hydrogen-bond acceptors (Lipinski definition) is 6. The first-order chi connectivity index (χ1) is 16.4. The Bertz CT molecular complexity index is 1400. The average molecular weight is 494 g/mol. The number of rotatable bonds is 4. The quantitative estimate of drug-likeness (QED) is 0.227. The number of alkyl halides is 6. The van der Waals surface area contributed by atoms with E-state index < -0.39 is 45.7 Å². The molecule has 0 saturated heterocycles. The van der Waals surface area contributed by atoms with Gasteiger partial charge in [-0.3, -0.25) is 15.1 Å². The van der Waals surface area contributed by atoms with Crippen molar-refractivity contribution < 1.29 is 31.3 Å². The van der Waals surface area contributed by atoms with Crippen LogP contribution in [0.15, 0.2) is 60.9 Å². The van der Waals surface area contributed by atoms with Gasteiger partial charge in [-0.1, -0.05) is 24.3 Å². The Morgan fingerprint density at radius 1 is 0.886 bits per heavy atom. The summed E-state index contributed by atoms with van der Waals surface area (Å²) in [4.78, 5) is 17.5. The summed E-state index contributed by atoms with van der Waals surface area (Å²) >= 11 is 0. The molecule has 3 aromatic heterocycles. The molecule has 4 rings (SSSR count). The predicted octanol–water partition coefficient (Wildman–Crippen LogP) is 5.52. The van der Waals surface area contributed by atoms with Crippen LogP contribution in [-0.2, 0) is 12.4 Å². The van der Waals surface area contributed by atoms with Crippen molar-refractivity contribution in [3.63, 3.8) is 0 Å². The van der Waals surface area contributed by atoms with Crippen molar-refractivity contribution in [1.29, 1.82) is 0 Å². The molecule has 2 N–H and O–H groups in total. The van der Waals surface area contributed by atoms with Gasteiger partial charge in [-0.05, 0) is 18.2 Å². The fourth-order valence-corrected chi connectivity index (χ4v) is 3.36. The highest BCUT2D eigenvalue weighted by atomic mass is 19.4. The molecule has 0 aliphatic heterocycles. The van der Waals surface area contributed by atoms with E-state index in [2.05, 4.69) is 15.1 Å². The van der Waals surface area contributed by atoms with E-state index in [1.54, 1.807) is 6.07 Å². The molecule has 1 aromatic carbocycles. The number of para-hydroxylation sites is 1. The molecule has 0 aliphatic carbocycles. The van der Waals surface area contributed by atoms with Gasteiger partial charge < -0.3 is 5.73 Å². The summed E-state index contributed by atoms with van der Waals surface area (Å²) in [6.45, 7) is 0. The molecule has 0 unspecified atom stereocenters. The lowest BCUT2D eigenvalue weighted by Gasteiger charge is -2.12. The minimum absolute atomic E-state index is 0.151. The summed E-state index contributed by atoms with van der Waals surface area (Å²) in [5, 5.41) is 15.1. The molecule has 0 amide bonds. The van der Waals surface area contributed by atoms with Gasteiger partial charge in [-0.25, -0.2) is 9.67 Å². The second-order valence-electron chi connectivity index (χ2n) is 7.13. The first-order valence-electron chi connectivity index (χ1n) is 9.57. The van der Waals surface area contributed by atoms with Crippen LogP contribution in [-0.4, -0.2) is 24.7 Å². The van der Waals surface area contributed by atoms with E-state index in [9.17, 15) is 36.5 Å². The Balaban J connectivity index is 2.09. The van der Waals surface area contributed by atoms with Crippen LogP contribution in [0.4, 0.5) is 37.8 Å². The summed E-state index contributed by atoms with van der Waals surface area (Å²) in [7, 11) is 0. The van der Waals surface area contributed by atoms with E-state index in [1.807, 2.05) is 0 Å². The van der Waals surface area contributed by atoms with Crippen molar-refractivity contribution in [1.82, 2.24) is 19.7 Å². The van der Waals surface area contributed by atoms with E-state index in [0.717, 1.165) is 23.0 Å². The highest BCUT2D eigenvalue weighted by Crippen LogP contribution is 2.44. The van der Waals surface area contributed by atoms with Gasteiger partial charge in [0.25, 0.3) is 0 Å². The van der Waals surface area contributed by atoms with Crippen molar-refractivity contribution in [3.05, 3.63) is 82.4 Å². The predicted molar refractivity (Wildman–Crippen MR) is 111 cm³/mol. The lowest BCUT2D eigenvalue weighted by Crippen LogP contribution is -2.09. The van der Waals surface area contributed by atoms with Crippen LogP contribution in [0, 0.1) is 10.1 Å². The zero-order chi connectivity index (χ0) is 25.5. The molecular formula is C21H12F6N6O2. The molecule has 0 atom stereocenters. The van der Waals surface area contributed by atoms with Crippen LogP contribution < -0.4 is 5.73 Å². The topological polar surface area (TPSA) is 113 Å². The highest BCUT2D eigenvalue weighted by Gasteiger charge is 2.41. The second kappa shape index (κ2) is 8.38. The van der Waals surface area contributed by atoms with Crippen LogP contribution in [0.2, 0.25) is 0 Å². The summed E-state index contributed by atoms with van der Waals surface area (Å²) in [5.74, 6) is -0.474. The van der Waals surface area contributed by atoms with Crippen molar-refractivity contribution in [2.45, 2.75) is 12.4 Å². The second-order valence-corrected chi connectivity index (χ2v) is 7.13. The van der Waals surface area contributed by atoms with Gasteiger partial charge in [0.1, 0.15) is 5.69 Å². The van der Waals surface area contributed by atoms with E-state index in [0.29, 0.717) is 12.3 Å². The van der Waals surface area contributed by atoms with Gasteiger partial charge in [0.15, 0.2) is 5.69 Å². The molecule has 14 heteroatoms. The smallest absolute Gasteiger partial charge is 0.378 e. The Hall–Kier alpha value is -4.49. The van der Waals surface area contributed by atoms with Gasteiger partial charge in [-0.15, -0.1) is 0 Å². The Morgan fingerprint density at radius 3 is 2.09 bits per heavy atom. The van der Waals surface area contributed by atoms with Gasteiger partial charge in [0, 0.05) is 35.2 Å². The first-order valence-corrected chi connectivity index (χ1v) is 9.57. The van der Waals surface area contributed by atoms with Crippen LogP contribution in [0.5, 0.6) is 0 Å². The fraction of sp³-hybridized carbons (Fsp3) is 0.0952. The normalized spacial score (nSPS) is 12.1. The number of anilines is 1. The molecule has 8 nitrogen and oxygen atoms in total. The number of pyridine rings is 2. The number of aromatic nitrogens is 4. The van der Waals surface area contributed by atoms with Crippen LogP contribution in [0.1, 0.15) is 11.4 Å². The summed E-state index contributed by atoms with van der Waals surface area (Å²) in [6.07, 6.45) is -8.21. The Morgan fingerprint density at radius 2 is 1.54 bits per heavy atom. The number of hydrogen-bond donors (Lipinski definition) is 1. The number of nitrogens with two attached hydrogens (primary N) is 1. The summed E-state index contributed by atoms with van der Waals surface area (Å²) in [5.41, 5.74) is 0.804. The standard InChI is InChI=1S/C21H12F6N6O2/c22-20(23,24)15-7-6-11(9-29-15)16-17(12-8-14(33(34)35)19(28)30-10-12)32(13-4-2-1-3-5-13)31-18(16)21(25,26)27/h1-10H,(H2,28,30). The number of halogens is 6. The molecule has 180 valence electrons. The zero-order valence-electron chi connectivity index (χ0n) is 17.2. The third kappa shape index (κ3) is 4.49. The van der Waals surface area contributed by atoms with Crippen molar-refractivity contribution >= 4 is 11.5 Å². The molecule has 0 radical (unpaired) electrons. The van der Waals surface area contributed by atoms with Gasteiger partial charge >= 0.3 is 18.0 Å². The number of nitro groups is 1. The lowest BCUT2D eigenvalue weighted by atomic mass is 9.99. The minimum Gasteiger partial charge on any atom is -0.378 e. The molecule has 0 aliphatic rings. The molecule has 35 heavy (non-hydrogen) atoms. The number of benzene rings is 1. The maximum absolute atomic E-state index is 14.1. The van der Waals surface area contributed by atoms with Crippen molar-refractivity contribution in [2.75, 3.05) is 5.73 Å². The number of nitrogens with zero attached hydrogens (tertiary/aromatic N) is 5. The van der Waals surface area contributed by atoms with Crippen molar-refractivity contribution in [3.8, 4) is 28.1 Å². The Kier molecular flexibility index (Phi) is 5.66. The van der Waals surface area contributed by atoms with Gasteiger partial charge in [0.05, 0.1) is 16.3 Å². The molecule has 0 saturated carbocycles. The van der Waals surface area contributed by atoms with Crippen LogP contribution >= 0.6 is 0 Å². The molecule has 0 spiro atoms. The zero-order valence-corrected chi connectivity index (χ0v) is 17.2. The molecular weight excluding hydrogens is 482 g/mol. The third-order valence-corrected chi connectivity index (χ3v) is 4.86. The van der Waals surface area contributed by atoms with E-state index in [1.165, 1.54) is 24.3 Å². The molecule has 3 heterocycles. The summed E-state index contributed by atoms with van der Waals surface area (Å²) in [6, 6.07) is 9.79. The van der Waals surface area contributed by atoms with E-state index in [4.69, 9.17) is 5.73 Å². The number of nitrogen functional groups attached to an aromatic ring is 1.